The first kappa shape index (κ1) is 21.2. The van der Waals surface area contributed by atoms with E-state index in [1.807, 2.05) is 0 Å². The zero-order valence-corrected chi connectivity index (χ0v) is 17.5. The summed E-state index contributed by atoms with van der Waals surface area (Å²) in [4.78, 5) is 28.8. The van der Waals surface area contributed by atoms with Crippen molar-refractivity contribution in [2.75, 3.05) is 6.61 Å². The first-order chi connectivity index (χ1) is 15.6. The van der Waals surface area contributed by atoms with Gasteiger partial charge in [0.15, 0.2) is 23.0 Å². The van der Waals surface area contributed by atoms with Crippen molar-refractivity contribution in [3.63, 3.8) is 0 Å². The highest BCUT2D eigenvalue weighted by molar-refractivity contribution is 5.89. The Kier molecular flexibility index (Phi) is 6.50. The van der Waals surface area contributed by atoms with E-state index in [0.717, 1.165) is 5.56 Å². The molecule has 162 valence electrons. The van der Waals surface area contributed by atoms with E-state index < -0.39 is 0 Å². The average molecular weight is 431 g/mol. The number of carbonyl (C=O) groups excluding carboxylic acids is 2. The number of nitrogens with zero attached hydrogens (tertiary/aromatic N) is 3. The Hall–Kier alpha value is -4.07. The Balaban J connectivity index is 1.42. The Bertz CT molecular complexity index is 1180. The molecular weight excluding hydrogens is 410 g/mol. The van der Waals surface area contributed by atoms with Gasteiger partial charge in [0, 0.05) is 19.3 Å². The maximum absolute atomic E-state index is 12.5. The lowest BCUT2D eigenvalue weighted by atomic mass is 10.0. The Morgan fingerprint density at radius 3 is 2.22 bits per heavy atom. The van der Waals surface area contributed by atoms with Crippen LogP contribution >= 0.6 is 0 Å². The molecule has 8 heteroatoms. The van der Waals surface area contributed by atoms with Gasteiger partial charge < -0.3 is 13.6 Å². The summed E-state index contributed by atoms with van der Waals surface area (Å²) in [5.74, 6) is 1.18. The van der Waals surface area contributed by atoms with Crippen LogP contribution in [-0.2, 0) is 22.4 Å². The quantitative estimate of drug-likeness (QED) is 0.361. The van der Waals surface area contributed by atoms with E-state index in [0.29, 0.717) is 47.3 Å². The van der Waals surface area contributed by atoms with Crippen molar-refractivity contribution in [1.29, 1.82) is 0 Å². The summed E-state index contributed by atoms with van der Waals surface area (Å²) in [5, 5.41) is 8.43. The Morgan fingerprint density at radius 1 is 0.906 bits per heavy atom. The molecule has 0 saturated carbocycles. The highest BCUT2D eigenvalue weighted by Gasteiger charge is 2.18. The molecule has 4 rings (SSSR count). The molecule has 1 aromatic carbocycles. The molecule has 0 aliphatic carbocycles. The summed E-state index contributed by atoms with van der Waals surface area (Å²) in [6.45, 7) is 2.08. The van der Waals surface area contributed by atoms with Crippen molar-refractivity contribution in [2.24, 2.45) is 0 Å². The number of hydrogen-bond donors (Lipinski definition) is 0. The van der Waals surface area contributed by atoms with Crippen molar-refractivity contribution >= 4 is 11.8 Å². The normalized spacial score (nSPS) is 10.8. The van der Waals surface area contributed by atoms with Crippen LogP contribution in [0.15, 0.2) is 69.9 Å². The van der Waals surface area contributed by atoms with Crippen molar-refractivity contribution in [3.05, 3.63) is 78.0 Å². The molecule has 0 amide bonds. The maximum atomic E-state index is 12.5. The number of esters is 1. The minimum Gasteiger partial charge on any atom is -0.463 e. The molecule has 3 aromatic heterocycles. The van der Waals surface area contributed by atoms with Crippen LogP contribution < -0.4 is 0 Å². The zero-order valence-electron chi connectivity index (χ0n) is 17.5. The van der Waals surface area contributed by atoms with E-state index >= 15 is 0 Å². The van der Waals surface area contributed by atoms with Gasteiger partial charge in [-0.1, -0.05) is 12.1 Å². The Morgan fingerprint density at radius 2 is 1.59 bits per heavy atom. The lowest BCUT2D eigenvalue weighted by Crippen LogP contribution is -2.09. The summed E-state index contributed by atoms with van der Waals surface area (Å²) >= 11 is 0. The molecule has 32 heavy (non-hydrogen) atoms. The summed E-state index contributed by atoms with van der Waals surface area (Å²) in [6, 6.07) is 13.9. The van der Waals surface area contributed by atoms with E-state index in [2.05, 4.69) is 15.2 Å². The minimum atomic E-state index is -0.375. The van der Waals surface area contributed by atoms with Crippen molar-refractivity contribution in [1.82, 2.24) is 15.2 Å². The number of hydrogen-bond acceptors (Lipinski definition) is 8. The SMILES string of the molecule is CCOC(=O)c1ccc(CC(=O)CCc2nnc(-c3ccco3)c(-c3ccco3)n2)cc1. The Labute approximate surface area is 184 Å². The first-order valence-electron chi connectivity index (χ1n) is 10.2. The van der Waals surface area contributed by atoms with Crippen LogP contribution in [-0.4, -0.2) is 33.5 Å². The fourth-order valence-electron chi connectivity index (χ4n) is 3.17. The molecule has 8 nitrogen and oxygen atoms in total. The average Bonchev–Trinajstić information content (AvgIpc) is 3.53. The largest absolute Gasteiger partial charge is 0.463 e. The van der Waals surface area contributed by atoms with Crippen LogP contribution in [0.3, 0.4) is 0 Å². The summed E-state index contributed by atoms with van der Waals surface area (Å²) < 4.78 is 15.9. The van der Waals surface area contributed by atoms with Crippen LogP contribution in [0.1, 0.15) is 35.1 Å². The van der Waals surface area contributed by atoms with Gasteiger partial charge in [0.05, 0.1) is 24.7 Å². The third-order valence-corrected chi connectivity index (χ3v) is 4.73. The number of aromatic nitrogens is 3. The van der Waals surface area contributed by atoms with Gasteiger partial charge >= 0.3 is 5.97 Å². The van der Waals surface area contributed by atoms with Crippen molar-refractivity contribution in [3.8, 4) is 22.9 Å². The molecule has 0 spiro atoms. The van der Waals surface area contributed by atoms with Gasteiger partial charge in [-0.25, -0.2) is 9.78 Å². The second kappa shape index (κ2) is 9.82. The molecule has 0 radical (unpaired) electrons. The topological polar surface area (TPSA) is 108 Å². The number of ketones is 1. The van der Waals surface area contributed by atoms with Crippen LogP contribution in [0.4, 0.5) is 0 Å². The summed E-state index contributed by atoms with van der Waals surface area (Å²) in [6.07, 6.45) is 3.97. The van der Waals surface area contributed by atoms with E-state index in [1.54, 1.807) is 68.0 Å². The lowest BCUT2D eigenvalue weighted by molar-refractivity contribution is -0.118. The molecule has 0 N–H and O–H groups in total. The monoisotopic (exact) mass is 431 g/mol. The fourth-order valence-corrected chi connectivity index (χ4v) is 3.17. The molecule has 4 aromatic rings. The molecule has 0 fully saturated rings. The summed E-state index contributed by atoms with van der Waals surface area (Å²) in [7, 11) is 0. The fraction of sp³-hybridized carbons (Fsp3) is 0.208. The number of Topliss-reactive ketones (excluding diaryl/α,β-unsaturated/α-hetero) is 1. The number of carbonyl (C=O) groups is 2. The van der Waals surface area contributed by atoms with E-state index in [4.69, 9.17) is 13.6 Å². The number of benzene rings is 1. The van der Waals surface area contributed by atoms with Gasteiger partial charge in [0.1, 0.15) is 11.5 Å². The maximum Gasteiger partial charge on any atom is 0.338 e. The smallest absolute Gasteiger partial charge is 0.338 e. The van der Waals surface area contributed by atoms with Gasteiger partial charge in [0.2, 0.25) is 0 Å². The first-order valence-corrected chi connectivity index (χ1v) is 10.2. The van der Waals surface area contributed by atoms with Gasteiger partial charge in [-0.2, -0.15) is 0 Å². The molecule has 0 aliphatic heterocycles. The number of rotatable bonds is 9. The van der Waals surface area contributed by atoms with E-state index in [-0.39, 0.29) is 24.6 Å². The van der Waals surface area contributed by atoms with E-state index in [1.165, 1.54) is 0 Å². The third-order valence-electron chi connectivity index (χ3n) is 4.73. The van der Waals surface area contributed by atoms with Gasteiger partial charge in [-0.3, -0.25) is 4.79 Å². The third kappa shape index (κ3) is 4.97. The molecule has 0 atom stereocenters. The zero-order chi connectivity index (χ0) is 22.3. The summed E-state index contributed by atoms with van der Waals surface area (Å²) in [5.41, 5.74) is 2.27. The van der Waals surface area contributed by atoms with Crippen molar-refractivity contribution in [2.45, 2.75) is 26.2 Å². The van der Waals surface area contributed by atoms with Gasteiger partial charge in [-0.05, 0) is 48.9 Å². The molecule has 0 saturated heterocycles. The number of furan rings is 2. The van der Waals surface area contributed by atoms with Crippen molar-refractivity contribution < 1.29 is 23.2 Å². The molecular formula is C24H21N3O5. The van der Waals surface area contributed by atoms with Gasteiger partial charge in [-0.15, -0.1) is 10.2 Å². The molecule has 0 bridgehead atoms. The second-order valence-electron chi connectivity index (χ2n) is 7.01. The molecule has 3 heterocycles. The second-order valence-corrected chi connectivity index (χ2v) is 7.01. The predicted octanol–water partition coefficient (Wildman–Crippen LogP) is 4.31. The number of ether oxygens (including phenoxy) is 1. The van der Waals surface area contributed by atoms with E-state index in [9.17, 15) is 9.59 Å². The minimum absolute atomic E-state index is 0.0344. The highest BCUT2D eigenvalue weighted by atomic mass is 16.5. The van der Waals surface area contributed by atoms with Crippen LogP contribution in [0.25, 0.3) is 22.9 Å². The lowest BCUT2D eigenvalue weighted by Gasteiger charge is -2.06. The molecule has 0 unspecified atom stereocenters. The van der Waals surface area contributed by atoms with Crippen LogP contribution in [0, 0.1) is 0 Å². The number of aryl methyl sites for hydroxylation is 1. The highest BCUT2D eigenvalue weighted by Crippen LogP contribution is 2.29. The van der Waals surface area contributed by atoms with Crippen LogP contribution in [0.2, 0.25) is 0 Å². The van der Waals surface area contributed by atoms with Crippen LogP contribution in [0.5, 0.6) is 0 Å². The molecule has 0 aliphatic rings. The van der Waals surface area contributed by atoms with Gasteiger partial charge in [0.25, 0.3) is 0 Å². The standard InChI is InChI=1S/C24H21N3O5/c1-2-30-24(29)17-9-7-16(8-10-17)15-18(28)11-12-21-25-22(19-5-3-13-31-19)23(27-26-21)20-6-4-14-32-20/h3-10,13-14H,2,11-12,15H2,1H3. The predicted molar refractivity (Wildman–Crippen MR) is 115 cm³/mol.